The quantitative estimate of drug-likeness (QED) is 0.616. The second kappa shape index (κ2) is 9.98. The van der Waals surface area contributed by atoms with E-state index >= 15 is 0 Å². The number of ether oxygens (including phenoxy) is 1. The van der Waals surface area contributed by atoms with E-state index in [-0.39, 0.29) is 17.5 Å². The van der Waals surface area contributed by atoms with E-state index in [1.54, 1.807) is 19.4 Å². The molecule has 0 spiro atoms. The summed E-state index contributed by atoms with van der Waals surface area (Å²) in [6.45, 7) is 0.736. The van der Waals surface area contributed by atoms with Gasteiger partial charge in [0.05, 0.1) is 19.3 Å². The highest BCUT2D eigenvalue weighted by Crippen LogP contribution is 2.17. The van der Waals surface area contributed by atoms with E-state index in [0.717, 1.165) is 17.0 Å². The van der Waals surface area contributed by atoms with Crippen LogP contribution >= 0.6 is 0 Å². The zero-order valence-corrected chi connectivity index (χ0v) is 16.1. The topological polar surface area (TPSA) is 93.2 Å². The first-order valence-corrected chi connectivity index (χ1v) is 9.21. The number of nitrogens with zero attached hydrogens (tertiary/aromatic N) is 2. The number of aromatic nitrogens is 2. The Morgan fingerprint density at radius 2 is 1.76 bits per heavy atom. The summed E-state index contributed by atoms with van der Waals surface area (Å²) < 4.78 is 5.31. The predicted molar refractivity (Wildman–Crippen MR) is 109 cm³/mol. The zero-order chi connectivity index (χ0) is 20.5. The summed E-state index contributed by atoms with van der Waals surface area (Å²) in [7, 11) is 1.62. The number of amides is 2. The summed E-state index contributed by atoms with van der Waals surface area (Å²) >= 11 is 0. The van der Waals surface area contributed by atoms with Crippen LogP contribution in [-0.4, -0.2) is 35.4 Å². The van der Waals surface area contributed by atoms with Crippen LogP contribution in [0.4, 0.5) is 0 Å². The third-order valence-electron chi connectivity index (χ3n) is 4.28. The van der Waals surface area contributed by atoms with Crippen molar-refractivity contribution in [1.29, 1.82) is 0 Å². The lowest BCUT2D eigenvalue weighted by Gasteiger charge is -2.09. The first kappa shape index (κ1) is 20.0. The van der Waals surface area contributed by atoms with Crippen LogP contribution in [0.2, 0.25) is 0 Å². The summed E-state index contributed by atoms with van der Waals surface area (Å²) in [6.07, 6.45) is 3.74. The normalized spacial score (nSPS) is 10.2. The van der Waals surface area contributed by atoms with Crippen molar-refractivity contribution >= 4 is 11.8 Å². The van der Waals surface area contributed by atoms with E-state index in [2.05, 4.69) is 20.6 Å². The number of carbonyl (C=O) groups excluding carboxylic acids is 2. The van der Waals surface area contributed by atoms with Gasteiger partial charge in [0.2, 0.25) is 0 Å². The average Bonchev–Trinajstić information content (AvgIpc) is 2.78. The molecule has 0 atom stereocenters. The molecule has 2 amide bonds. The molecule has 0 aliphatic carbocycles. The molecule has 29 heavy (non-hydrogen) atoms. The maximum Gasteiger partial charge on any atom is 0.269 e. The Morgan fingerprint density at radius 3 is 2.55 bits per heavy atom. The van der Waals surface area contributed by atoms with E-state index < -0.39 is 0 Å². The van der Waals surface area contributed by atoms with Crippen LogP contribution in [0, 0.1) is 0 Å². The van der Waals surface area contributed by atoms with Gasteiger partial charge in [-0.2, -0.15) is 0 Å². The first-order chi connectivity index (χ1) is 14.2. The van der Waals surface area contributed by atoms with Crippen molar-refractivity contribution in [2.75, 3.05) is 13.7 Å². The highest BCUT2D eigenvalue weighted by atomic mass is 16.5. The third kappa shape index (κ3) is 5.62. The number of hydrogen-bond donors (Lipinski definition) is 2. The molecule has 7 heteroatoms. The third-order valence-corrected chi connectivity index (χ3v) is 4.28. The lowest BCUT2D eigenvalue weighted by molar-refractivity contribution is 0.0949. The van der Waals surface area contributed by atoms with Gasteiger partial charge in [-0.3, -0.25) is 19.6 Å². The van der Waals surface area contributed by atoms with Gasteiger partial charge in [0, 0.05) is 24.5 Å². The van der Waals surface area contributed by atoms with Gasteiger partial charge in [-0.15, -0.1) is 0 Å². The maximum atomic E-state index is 12.4. The molecular weight excluding hydrogens is 368 g/mol. The number of carbonyl (C=O) groups is 2. The Hall–Kier alpha value is -3.74. The molecule has 1 aromatic carbocycles. The predicted octanol–water partition coefficient (Wildman–Crippen LogP) is 2.39. The van der Waals surface area contributed by atoms with Gasteiger partial charge in [0.15, 0.2) is 0 Å². The molecule has 0 aliphatic heterocycles. The van der Waals surface area contributed by atoms with E-state index in [4.69, 9.17) is 4.74 Å². The monoisotopic (exact) mass is 390 g/mol. The smallest absolute Gasteiger partial charge is 0.269 e. The van der Waals surface area contributed by atoms with Gasteiger partial charge in [0.1, 0.15) is 11.4 Å². The fourth-order valence-corrected chi connectivity index (χ4v) is 2.78. The molecule has 2 N–H and O–H groups in total. The van der Waals surface area contributed by atoms with Gasteiger partial charge in [-0.05, 0) is 42.3 Å². The Kier molecular flexibility index (Phi) is 6.89. The van der Waals surface area contributed by atoms with Crippen LogP contribution in [0.1, 0.15) is 32.1 Å². The number of benzene rings is 1. The molecule has 0 saturated heterocycles. The fourth-order valence-electron chi connectivity index (χ4n) is 2.78. The molecular formula is C22H22N4O3. The Morgan fingerprint density at radius 1 is 0.931 bits per heavy atom. The molecule has 0 saturated carbocycles. The number of methoxy groups -OCH3 is 1. The molecule has 2 aromatic heterocycles. The SMILES string of the molecule is COc1ccccc1CCNC(=O)c1cc(C(=O)NCc2ccccn2)ccn1. The van der Waals surface area contributed by atoms with Crippen molar-refractivity contribution in [2.45, 2.75) is 13.0 Å². The summed E-state index contributed by atoms with van der Waals surface area (Å²) in [5.74, 6) is 0.159. The van der Waals surface area contributed by atoms with Crippen LogP contribution in [0.25, 0.3) is 0 Å². The molecule has 148 valence electrons. The molecule has 0 fully saturated rings. The minimum Gasteiger partial charge on any atom is -0.496 e. The number of rotatable bonds is 8. The van der Waals surface area contributed by atoms with E-state index in [1.165, 1.54) is 12.3 Å². The van der Waals surface area contributed by atoms with Crippen LogP contribution in [0.5, 0.6) is 5.75 Å². The minimum atomic E-state index is -0.334. The van der Waals surface area contributed by atoms with Gasteiger partial charge in [-0.25, -0.2) is 0 Å². The molecule has 2 heterocycles. The van der Waals surface area contributed by atoms with Crippen molar-refractivity contribution in [3.8, 4) is 5.75 Å². The second-order valence-electron chi connectivity index (χ2n) is 6.25. The van der Waals surface area contributed by atoms with Gasteiger partial charge in [0.25, 0.3) is 11.8 Å². The first-order valence-electron chi connectivity index (χ1n) is 9.21. The highest BCUT2D eigenvalue weighted by molar-refractivity contribution is 5.98. The molecule has 3 aromatic rings. The van der Waals surface area contributed by atoms with Gasteiger partial charge >= 0.3 is 0 Å². The second-order valence-corrected chi connectivity index (χ2v) is 6.25. The summed E-state index contributed by atoms with van der Waals surface area (Å²) in [5.41, 5.74) is 2.32. The average molecular weight is 390 g/mol. The molecule has 0 radical (unpaired) electrons. The van der Waals surface area contributed by atoms with Crippen molar-refractivity contribution in [3.63, 3.8) is 0 Å². The Labute approximate surface area is 169 Å². The van der Waals surface area contributed by atoms with Crippen LogP contribution in [-0.2, 0) is 13.0 Å². The van der Waals surface area contributed by atoms with Crippen molar-refractivity contribution in [3.05, 3.63) is 89.5 Å². The maximum absolute atomic E-state index is 12.4. The molecule has 3 rings (SSSR count). The van der Waals surface area contributed by atoms with Crippen LogP contribution in [0.15, 0.2) is 67.0 Å². The molecule has 0 aliphatic rings. The summed E-state index contributed by atoms with van der Waals surface area (Å²) in [5, 5.41) is 5.61. The largest absolute Gasteiger partial charge is 0.496 e. The lowest BCUT2D eigenvalue weighted by atomic mass is 10.1. The van der Waals surface area contributed by atoms with Crippen LogP contribution < -0.4 is 15.4 Å². The Balaban J connectivity index is 1.55. The number of pyridine rings is 2. The van der Waals surface area contributed by atoms with Crippen molar-refractivity contribution in [1.82, 2.24) is 20.6 Å². The molecule has 0 bridgehead atoms. The summed E-state index contributed by atoms with van der Waals surface area (Å²) in [4.78, 5) is 33.0. The van der Waals surface area contributed by atoms with Gasteiger partial charge < -0.3 is 15.4 Å². The Bertz CT molecular complexity index is 977. The highest BCUT2D eigenvalue weighted by Gasteiger charge is 2.12. The standard InChI is InChI=1S/C22H22N4O3/c1-29-20-8-3-2-6-16(20)9-13-25-22(28)19-14-17(10-12-24-19)21(27)26-15-18-7-4-5-11-23-18/h2-8,10-12,14H,9,13,15H2,1H3,(H,25,28)(H,26,27). The van der Waals surface area contributed by atoms with Crippen molar-refractivity contribution < 1.29 is 14.3 Å². The summed E-state index contributed by atoms with van der Waals surface area (Å²) in [6, 6.07) is 16.2. The molecule has 0 unspecified atom stereocenters. The number of hydrogen-bond acceptors (Lipinski definition) is 5. The zero-order valence-electron chi connectivity index (χ0n) is 16.1. The number of nitrogens with one attached hydrogen (secondary N) is 2. The van der Waals surface area contributed by atoms with E-state index in [0.29, 0.717) is 25.1 Å². The number of para-hydroxylation sites is 1. The van der Waals surface area contributed by atoms with E-state index in [9.17, 15) is 9.59 Å². The van der Waals surface area contributed by atoms with Crippen LogP contribution in [0.3, 0.4) is 0 Å². The molecule has 7 nitrogen and oxygen atoms in total. The minimum absolute atomic E-state index is 0.190. The van der Waals surface area contributed by atoms with Gasteiger partial charge in [-0.1, -0.05) is 24.3 Å². The fraction of sp³-hybridized carbons (Fsp3) is 0.182. The lowest BCUT2D eigenvalue weighted by Crippen LogP contribution is -2.28. The van der Waals surface area contributed by atoms with E-state index in [1.807, 2.05) is 42.5 Å². The van der Waals surface area contributed by atoms with Crippen molar-refractivity contribution in [2.24, 2.45) is 0 Å².